The van der Waals surface area contributed by atoms with Gasteiger partial charge in [-0.3, -0.25) is 0 Å². The molecule has 23 heavy (non-hydrogen) atoms. The fraction of sp³-hybridized carbons (Fsp3) is 0.267. The van der Waals surface area contributed by atoms with E-state index in [4.69, 9.17) is 10.3 Å². The molecule has 2 aromatic heterocycles. The number of hydrogen-bond acceptors (Lipinski definition) is 6. The second-order valence-corrected chi connectivity index (χ2v) is 7.05. The molecule has 0 amide bonds. The first-order valence-corrected chi connectivity index (χ1v) is 8.87. The zero-order valence-electron chi connectivity index (χ0n) is 12.7. The van der Waals surface area contributed by atoms with E-state index in [1.807, 2.05) is 24.3 Å². The number of nitrogens with zero attached hydrogens (tertiary/aromatic N) is 4. The van der Waals surface area contributed by atoms with Gasteiger partial charge in [0.1, 0.15) is 5.76 Å². The number of hydrogen-bond donors (Lipinski definition) is 1. The molecule has 3 aromatic rings. The van der Waals surface area contributed by atoms with Gasteiger partial charge < -0.3 is 10.3 Å². The minimum Gasteiger partial charge on any atom is -0.445 e. The quantitative estimate of drug-likeness (QED) is 0.523. The lowest BCUT2D eigenvalue weighted by Gasteiger charge is -2.04. The lowest BCUT2D eigenvalue weighted by molar-refractivity contribution is 0.453. The van der Waals surface area contributed by atoms with Crippen LogP contribution in [0.3, 0.4) is 0 Å². The van der Waals surface area contributed by atoms with E-state index in [1.165, 1.54) is 16.4 Å². The third kappa shape index (κ3) is 3.42. The fourth-order valence-electron chi connectivity index (χ4n) is 1.99. The Bertz CT molecular complexity index is 814. The molecule has 6 nitrogen and oxygen atoms in total. The standard InChI is InChI=1S/C15H16BrN5OS/c1-9(2)12-7-18-13(22-12)8-23-15-20-19-14(21(15)17)10-5-3-4-6-11(10)16/h3-7,9H,8,17H2,1-2H3. The smallest absolute Gasteiger partial charge is 0.210 e. The molecule has 0 fully saturated rings. The summed E-state index contributed by atoms with van der Waals surface area (Å²) in [5, 5.41) is 8.94. The molecule has 0 aliphatic carbocycles. The molecule has 0 aliphatic rings. The van der Waals surface area contributed by atoms with Gasteiger partial charge in [0.15, 0.2) is 5.82 Å². The molecule has 2 heterocycles. The minimum absolute atomic E-state index is 0.321. The van der Waals surface area contributed by atoms with Crippen LogP contribution in [-0.2, 0) is 5.75 Å². The summed E-state index contributed by atoms with van der Waals surface area (Å²) < 4.78 is 8.08. The molecule has 2 N–H and O–H groups in total. The van der Waals surface area contributed by atoms with E-state index in [1.54, 1.807) is 6.20 Å². The van der Waals surface area contributed by atoms with Gasteiger partial charge >= 0.3 is 0 Å². The van der Waals surface area contributed by atoms with Gasteiger partial charge in [-0.2, -0.15) is 0 Å². The highest BCUT2D eigenvalue weighted by Gasteiger charge is 2.15. The van der Waals surface area contributed by atoms with Crippen molar-refractivity contribution < 1.29 is 4.42 Å². The minimum atomic E-state index is 0.321. The number of nitrogens with two attached hydrogens (primary N) is 1. The summed E-state index contributed by atoms with van der Waals surface area (Å²) in [5.41, 5.74) is 0.896. The van der Waals surface area contributed by atoms with Gasteiger partial charge in [-0.25, -0.2) is 9.66 Å². The van der Waals surface area contributed by atoms with Crippen LogP contribution in [0.5, 0.6) is 0 Å². The van der Waals surface area contributed by atoms with Crippen molar-refractivity contribution in [3.63, 3.8) is 0 Å². The van der Waals surface area contributed by atoms with Crippen molar-refractivity contribution in [1.82, 2.24) is 19.9 Å². The van der Waals surface area contributed by atoms with Crippen LogP contribution < -0.4 is 5.84 Å². The second kappa shape index (κ2) is 6.76. The van der Waals surface area contributed by atoms with Crippen LogP contribution in [0.15, 0.2) is 44.5 Å². The van der Waals surface area contributed by atoms with E-state index in [9.17, 15) is 0 Å². The first-order chi connectivity index (χ1) is 11.1. The Morgan fingerprint density at radius 2 is 2.09 bits per heavy atom. The maximum Gasteiger partial charge on any atom is 0.210 e. The van der Waals surface area contributed by atoms with Crippen LogP contribution in [-0.4, -0.2) is 19.9 Å². The number of benzene rings is 1. The number of oxazole rings is 1. The molecule has 0 bridgehead atoms. The molecular formula is C15H16BrN5OS. The number of thioether (sulfide) groups is 1. The van der Waals surface area contributed by atoms with Crippen molar-refractivity contribution in [1.29, 1.82) is 0 Å². The molecule has 0 spiro atoms. The van der Waals surface area contributed by atoms with Gasteiger partial charge in [-0.05, 0) is 12.1 Å². The highest BCUT2D eigenvalue weighted by atomic mass is 79.9. The van der Waals surface area contributed by atoms with Crippen molar-refractivity contribution in [2.24, 2.45) is 0 Å². The largest absolute Gasteiger partial charge is 0.445 e. The van der Waals surface area contributed by atoms with Gasteiger partial charge in [0.05, 0.1) is 11.9 Å². The van der Waals surface area contributed by atoms with Gasteiger partial charge in [-0.1, -0.05) is 53.7 Å². The Kier molecular flexibility index (Phi) is 4.72. The number of rotatable bonds is 5. The van der Waals surface area contributed by atoms with E-state index in [0.717, 1.165) is 15.8 Å². The monoisotopic (exact) mass is 393 g/mol. The fourth-order valence-corrected chi connectivity index (χ4v) is 3.16. The Morgan fingerprint density at radius 3 is 2.78 bits per heavy atom. The van der Waals surface area contributed by atoms with Gasteiger partial charge in [0, 0.05) is 16.0 Å². The highest BCUT2D eigenvalue weighted by molar-refractivity contribution is 9.10. The number of aromatic nitrogens is 4. The molecule has 0 radical (unpaired) electrons. The lowest BCUT2D eigenvalue weighted by atomic mass is 10.2. The Morgan fingerprint density at radius 1 is 1.30 bits per heavy atom. The van der Waals surface area contributed by atoms with Crippen LogP contribution in [0.1, 0.15) is 31.4 Å². The van der Waals surface area contributed by atoms with Gasteiger partial charge in [-0.15, -0.1) is 10.2 Å². The predicted octanol–water partition coefficient (Wildman–Crippen LogP) is 3.83. The summed E-state index contributed by atoms with van der Waals surface area (Å²) >= 11 is 4.94. The van der Waals surface area contributed by atoms with Crippen molar-refractivity contribution >= 4 is 27.7 Å². The average Bonchev–Trinajstić information content (AvgIpc) is 3.13. The second-order valence-electron chi connectivity index (χ2n) is 5.26. The third-order valence-electron chi connectivity index (χ3n) is 3.24. The summed E-state index contributed by atoms with van der Waals surface area (Å²) in [6.45, 7) is 4.13. The normalized spacial score (nSPS) is 11.3. The maximum atomic E-state index is 6.12. The molecular weight excluding hydrogens is 378 g/mol. The van der Waals surface area contributed by atoms with Crippen molar-refractivity contribution in [2.75, 3.05) is 5.84 Å². The predicted molar refractivity (Wildman–Crippen MR) is 93.5 cm³/mol. The van der Waals surface area contributed by atoms with Gasteiger partial charge in [0.2, 0.25) is 11.0 Å². The van der Waals surface area contributed by atoms with E-state index < -0.39 is 0 Å². The summed E-state index contributed by atoms with van der Waals surface area (Å²) in [4.78, 5) is 4.27. The molecule has 0 saturated carbocycles. The Labute approximate surface area is 146 Å². The number of halogens is 1. The summed E-state index contributed by atoms with van der Waals surface area (Å²) in [5.74, 6) is 9.14. The van der Waals surface area contributed by atoms with E-state index >= 15 is 0 Å². The van der Waals surface area contributed by atoms with Crippen molar-refractivity contribution in [2.45, 2.75) is 30.7 Å². The summed E-state index contributed by atoms with van der Waals surface area (Å²) in [6.07, 6.45) is 1.76. The molecule has 8 heteroatoms. The van der Waals surface area contributed by atoms with Crippen LogP contribution >= 0.6 is 27.7 Å². The van der Waals surface area contributed by atoms with E-state index in [2.05, 4.69) is 45.0 Å². The van der Waals surface area contributed by atoms with Crippen LogP contribution in [0.2, 0.25) is 0 Å². The zero-order chi connectivity index (χ0) is 16.4. The summed E-state index contributed by atoms with van der Waals surface area (Å²) in [6, 6.07) is 7.75. The Balaban J connectivity index is 1.76. The molecule has 0 saturated heterocycles. The van der Waals surface area contributed by atoms with Crippen LogP contribution in [0, 0.1) is 0 Å². The van der Waals surface area contributed by atoms with Crippen LogP contribution in [0.4, 0.5) is 0 Å². The summed E-state index contributed by atoms with van der Waals surface area (Å²) in [7, 11) is 0. The van der Waals surface area contributed by atoms with E-state index in [0.29, 0.717) is 28.5 Å². The van der Waals surface area contributed by atoms with Gasteiger partial charge in [0.25, 0.3) is 0 Å². The third-order valence-corrected chi connectivity index (χ3v) is 4.86. The Hall–Kier alpha value is -1.80. The molecule has 120 valence electrons. The molecule has 3 rings (SSSR count). The molecule has 0 unspecified atom stereocenters. The molecule has 0 atom stereocenters. The average molecular weight is 394 g/mol. The zero-order valence-corrected chi connectivity index (χ0v) is 15.1. The molecule has 0 aliphatic heterocycles. The highest BCUT2D eigenvalue weighted by Crippen LogP contribution is 2.29. The molecule has 1 aromatic carbocycles. The first-order valence-electron chi connectivity index (χ1n) is 7.09. The maximum absolute atomic E-state index is 6.12. The van der Waals surface area contributed by atoms with E-state index in [-0.39, 0.29) is 0 Å². The topological polar surface area (TPSA) is 82.8 Å². The lowest BCUT2D eigenvalue weighted by Crippen LogP contribution is -2.11. The number of nitrogen functional groups attached to an aromatic ring is 1. The first kappa shape index (κ1) is 16.1. The SMILES string of the molecule is CC(C)c1cnc(CSc2nnc(-c3ccccc3Br)n2N)o1. The van der Waals surface area contributed by atoms with Crippen molar-refractivity contribution in [3.8, 4) is 11.4 Å². The van der Waals surface area contributed by atoms with Crippen molar-refractivity contribution in [3.05, 3.63) is 46.6 Å². The van der Waals surface area contributed by atoms with Crippen LogP contribution in [0.25, 0.3) is 11.4 Å².